The number of anilines is 1. The van der Waals surface area contributed by atoms with Crippen LogP contribution in [0.15, 0.2) is 47.4 Å². The van der Waals surface area contributed by atoms with Gasteiger partial charge in [-0.25, -0.2) is 0 Å². The van der Waals surface area contributed by atoms with Gasteiger partial charge in [-0.05, 0) is 49.7 Å². The molecule has 3 N–H and O–H groups in total. The number of aryl methyl sites for hydroxylation is 2. The van der Waals surface area contributed by atoms with Crippen molar-refractivity contribution in [3.05, 3.63) is 53.6 Å². The number of carbonyl (C=O) groups excluding carboxylic acids is 1. The van der Waals surface area contributed by atoms with E-state index in [0.29, 0.717) is 18.9 Å². The number of nitrogens with two attached hydrogens (primary N) is 1. The fourth-order valence-electron chi connectivity index (χ4n) is 2.01. The Morgan fingerprint density at radius 2 is 1.91 bits per heavy atom. The van der Waals surface area contributed by atoms with E-state index in [1.54, 1.807) is 11.8 Å². The fraction of sp³-hybridized carbons (Fsp3) is 0.278. The Bertz CT molecular complexity index is 657. The van der Waals surface area contributed by atoms with Gasteiger partial charge in [0.15, 0.2) is 0 Å². The number of rotatable bonds is 7. The molecular formula is C18H22N2O2S. The van der Waals surface area contributed by atoms with E-state index in [1.165, 1.54) is 11.1 Å². The molecule has 0 aliphatic carbocycles. The first-order chi connectivity index (χ1) is 11.1. The van der Waals surface area contributed by atoms with E-state index in [2.05, 4.69) is 37.4 Å². The zero-order chi connectivity index (χ0) is 16.7. The lowest BCUT2D eigenvalue weighted by molar-refractivity contribution is -0.113. The van der Waals surface area contributed by atoms with Gasteiger partial charge in [0.1, 0.15) is 12.4 Å². The van der Waals surface area contributed by atoms with Crippen LogP contribution in [0.25, 0.3) is 0 Å². The molecule has 0 atom stereocenters. The number of thioether (sulfide) groups is 1. The van der Waals surface area contributed by atoms with Crippen LogP contribution in [-0.4, -0.2) is 24.8 Å². The summed E-state index contributed by atoms with van der Waals surface area (Å²) in [6.07, 6.45) is 0. The third-order valence-electron chi connectivity index (χ3n) is 3.23. The summed E-state index contributed by atoms with van der Waals surface area (Å²) in [4.78, 5) is 13.2. The van der Waals surface area contributed by atoms with Gasteiger partial charge in [-0.2, -0.15) is 0 Å². The van der Waals surface area contributed by atoms with E-state index >= 15 is 0 Å². The quantitative estimate of drug-likeness (QED) is 0.764. The highest BCUT2D eigenvalue weighted by Crippen LogP contribution is 2.24. The second kappa shape index (κ2) is 8.60. The molecule has 0 bridgehead atoms. The van der Waals surface area contributed by atoms with Crippen LogP contribution in [0.2, 0.25) is 0 Å². The number of amides is 1. The Labute approximate surface area is 141 Å². The first-order valence-electron chi connectivity index (χ1n) is 7.51. The van der Waals surface area contributed by atoms with Crippen molar-refractivity contribution in [3.8, 4) is 5.75 Å². The van der Waals surface area contributed by atoms with Gasteiger partial charge < -0.3 is 15.8 Å². The molecule has 0 radical (unpaired) electrons. The minimum atomic E-state index is -0.0217. The minimum Gasteiger partial charge on any atom is -0.492 e. The normalized spacial score (nSPS) is 10.4. The highest BCUT2D eigenvalue weighted by Gasteiger charge is 2.06. The molecule has 4 nitrogen and oxygen atoms in total. The highest BCUT2D eigenvalue weighted by molar-refractivity contribution is 8.00. The molecule has 0 aromatic heterocycles. The highest BCUT2D eigenvalue weighted by atomic mass is 32.2. The van der Waals surface area contributed by atoms with Gasteiger partial charge in [0, 0.05) is 17.1 Å². The molecule has 2 rings (SSSR count). The number of carbonyl (C=O) groups is 1. The van der Waals surface area contributed by atoms with Crippen LogP contribution in [0.5, 0.6) is 5.75 Å². The van der Waals surface area contributed by atoms with Crippen LogP contribution in [0.4, 0.5) is 5.69 Å². The number of benzene rings is 2. The SMILES string of the molecule is Cc1ccc(C)c(SCC(=O)Nc2ccc(OCCN)cc2)c1. The lowest BCUT2D eigenvalue weighted by Gasteiger charge is -2.09. The van der Waals surface area contributed by atoms with Gasteiger partial charge in [-0.15, -0.1) is 11.8 Å². The molecule has 0 saturated heterocycles. The molecule has 0 saturated carbocycles. The maximum Gasteiger partial charge on any atom is 0.234 e. The largest absolute Gasteiger partial charge is 0.492 e. The fourth-order valence-corrected chi connectivity index (χ4v) is 2.94. The van der Waals surface area contributed by atoms with Gasteiger partial charge >= 0.3 is 0 Å². The summed E-state index contributed by atoms with van der Waals surface area (Å²) < 4.78 is 5.40. The summed E-state index contributed by atoms with van der Waals surface area (Å²) in [5, 5.41) is 2.89. The number of hydrogen-bond donors (Lipinski definition) is 2. The second-order valence-corrected chi connectivity index (χ2v) is 6.28. The Kier molecular flexibility index (Phi) is 6.50. The Morgan fingerprint density at radius 1 is 1.17 bits per heavy atom. The van der Waals surface area contributed by atoms with Crippen LogP contribution in [-0.2, 0) is 4.79 Å². The molecule has 23 heavy (non-hydrogen) atoms. The molecule has 0 fully saturated rings. The first kappa shape index (κ1) is 17.4. The lowest BCUT2D eigenvalue weighted by atomic mass is 10.2. The Balaban J connectivity index is 1.85. The topological polar surface area (TPSA) is 64.3 Å². The summed E-state index contributed by atoms with van der Waals surface area (Å²) in [6.45, 7) is 5.07. The summed E-state index contributed by atoms with van der Waals surface area (Å²) >= 11 is 1.55. The summed E-state index contributed by atoms with van der Waals surface area (Å²) in [6, 6.07) is 13.6. The molecule has 1 amide bonds. The van der Waals surface area contributed by atoms with E-state index in [9.17, 15) is 4.79 Å². The van der Waals surface area contributed by atoms with Crippen molar-refractivity contribution in [2.45, 2.75) is 18.7 Å². The van der Waals surface area contributed by atoms with Crippen LogP contribution in [0.3, 0.4) is 0 Å². The standard InChI is InChI=1S/C18H22N2O2S/c1-13-3-4-14(2)17(11-13)23-12-18(21)20-15-5-7-16(8-6-15)22-10-9-19/h3-8,11H,9-10,12,19H2,1-2H3,(H,20,21). The molecule has 0 spiro atoms. The molecular weight excluding hydrogens is 308 g/mol. The van der Waals surface area contributed by atoms with Crippen molar-refractivity contribution in [3.63, 3.8) is 0 Å². The molecule has 0 heterocycles. The smallest absolute Gasteiger partial charge is 0.234 e. The molecule has 122 valence electrons. The maximum atomic E-state index is 12.1. The minimum absolute atomic E-state index is 0.0217. The van der Waals surface area contributed by atoms with Gasteiger partial charge in [-0.1, -0.05) is 17.7 Å². The third kappa shape index (κ3) is 5.62. The van der Waals surface area contributed by atoms with E-state index in [4.69, 9.17) is 10.5 Å². The number of nitrogens with one attached hydrogen (secondary N) is 1. The molecule has 0 unspecified atom stereocenters. The van der Waals surface area contributed by atoms with Crippen molar-refractivity contribution in [2.75, 3.05) is 24.2 Å². The number of ether oxygens (including phenoxy) is 1. The van der Waals surface area contributed by atoms with E-state index < -0.39 is 0 Å². The average Bonchev–Trinajstić information content (AvgIpc) is 2.55. The maximum absolute atomic E-state index is 12.1. The van der Waals surface area contributed by atoms with Crippen molar-refractivity contribution in [1.82, 2.24) is 0 Å². The number of hydrogen-bond acceptors (Lipinski definition) is 4. The average molecular weight is 330 g/mol. The van der Waals surface area contributed by atoms with Crippen molar-refractivity contribution < 1.29 is 9.53 Å². The molecule has 2 aromatic carbocycles. The monoisotopic (exact) mass is 330 g/mol. The van der Waals surface area contributed by atoms with Crippen molar-refractivity contribution in [2.24, 2.45) is 5.73 Å². The van der Waals surface area contributed by atoms with Gasteiger partial charge in [0.05, 0.1) is 5.75 Å². The predicted octanol–water partition coefficient (Wildman–Crippen LogP) is 3.37. The predicted molar refractivity (Wildman–Crippen MR) is 96.3 cm³/mol. The molecule has 0 aliphatic rings. The molecule has 2 aromatic rings. The van der Waals surface area contributed by atoms with Gasteiger partial charge in [0.2, 0.25) is 5.91 Å². The van der Waals surface area contributed by atoms with E-state index in [1.807, 2.05) is 24.3 Å². The summed E-state index contributed by atoms with van der Waals surface area (Å²) in [5.41, 5.74) is 8.54. The van der Waals surface area contributed by atoms with E-state index in [0.717, 1.165) is 16.3 Å². The summed E-state index contributed by atoms with van der Waals surface area (Å²) in [5.74, 6) is 1.11. The lowest BCUT2D eigenvalue weighted by Crippen LogP contribution is -2.14. The van der Waals surface area contributed by atoms with Gasteiger partial charge in [-0.3, -0.25) is 4.79 Å². The van der Waals surface area contributed by atoms with Crippen LogP contribution < -0.4 is 15.8 Å². The van der Waals surface area contributed by atoms with Crippen LogP contribution in [0.1, 0.15) is 11.1 Å². The molecule has 0 aliphatic heterocycles. The summed E-state index contributed by atoms with van der Waals surface area (Å²) in [7, 11) is 0. The zero-order valence-corrected chi connectivity index (χ0v) is 14.3. The molecule has 5 heteroatoms. The Morgan fingerprint density at radius 3 is 2.61 bits per heavy atom. The third-order valence-corrected chi connectivity index (χ3v) is 4.38. The van der Waals surface area contributed by atoms with Crippen molar-refractivity contribution >= 4 is 23.4 Å². The second-order valence-electron chi connectivity index (χ2n) is 5.27. The van der Waals surface area contributed by atoms with Crippen LogP contribution >= 0.6 is 11.8 Å². The van der Waals surface area contributed by atoms with Gasteiger partial charge in [0.25, 0.3) is 0 Å². The van der Waals surface area contributed by atoms with Crippen LogP contribution in [0, 0.1) is 13.8 Å². The van der Waals surface area contributed by atoms with Crippen molar-refractivity contribution in [1.29, 1.82) is 0 Å². The Hall–Kier alpha value is -1.98. The van der Waals surface area contributed by atoms with E-state index in [-0.39, 0.29) is 5.91 Å². The zero-order valence-electron chi connectivity index (χ0n) is 13.5. The first-order valence-corrected chi connectivity index (χ1v) is 8.50.